The van der Waals surface area contributed by atoms with Gasteiger partial charge in [0.2, 0.25) is 10.0 Å². The van der Waals surface area contributed by atoms with E-state index in [9.17, 15) is 13.2 Å². The third kappa shape index (κ3) is 3.62. The van der Waals surface area contributed by atoms with E-state index in [4.69, 9.17) is 0 Å². The molecule has 0 spiro atoms. The van der Waals surface area contributed by atoms with E-state index >= 15 is 0 Å². The molecular formula is C17H20N2O3S2. The van der Waals surface area contributed by atoms with Crippen LogP contribution in [-0.4, -0.2) is 38.6 Å². The monoisotopic (exact) mass is 364 g/mol. The van der Waals surface area contributed by atoms with Gasteiger partial charge in [0.1, 0.15) is 0 Å². The van der Waals surface area contributed by atoms with Gasteiger partial charge in [0.05, 0.1) is 18.0 Å². The lowest BCUT2D eigenvalue weighted by Gasteiger charge is -2.28. The van der Waals surface area contributed by atoms with E-state index in [-0.39, 0.29) is 11.7 Å². The lowest BCUT2D eigenvalue weighted by molar-refractivity contribution is 0.0786. The maximum absolute atomic E-state index is 12.6. The highest BCUT2D eigenvalue weighted by Gasteiger charge is 2.26. The van der Waals surface area contributed by atoms with E-state index in [0.29, 0.717) is 30.8 Å². The minimum atomic E-state index is -3.27. The Morgan fingerprint density at radius 3 is 2.79 bits per heavy atom. The predicted octanol–water partition coefficient (Wildman–Crippen LogP) is 2.95. The predicted molar refractivity (Wildman–Crippen MR) is 96.9 cm³/mol. The number of hydrogen-bond acceptors (Lipinski definition) is 4. The standard InChI is InChI=1S/C17H20N2O3S2/c1-18(13-16-8-5-10-23-16)17(20)14-6-4-7-15(12-14)19-9-2-3-11-24(19,21)22/h4-8,10,12H,2-3,9,11,13H2,1H3. The zero-order valence-electron chi connectivity index (χ0n) is 13.5. The topological polar surface area (TPSA) is 57.7 Å². The fourth-order valence-electron chi connectivity index (χ4n) is 2.80. The van der Waals surface area contributed by atoms with Gasteiger partial charge in [0.25, 0.3) is 5.91 Å². The van der Waals surface area contributed by atoms with Gasteiger partial charge >= 0.3 is 0 Å². The van der Waals surface area contributed by atoms with Gasteiger partial charge in [-0.2, -0.15) is 0 Å². The lowest BCUT2D eigenvalue weighted by Crippen LogP contribution is -2.38. The second-order valence-electron chi connectivity index (χ2n) is 5.89. The summed E-state index contributed by atoms with van der Waals surface area (Å²) in [5, 5.41) is 1.98. The molecule has 1 aliphatic heterocycles. The summed E-state index contributed by atoms with van der Waals surface area (Å²) >= 11 is 1.61. The second kappa shape index (κ2) is 6.94. The van der Waals surface area contributed by atoms with Crippen LogP contribution in [-0.2, 0) is 16.6 Å². The molecule has 24 heavy (non-hydrogen) atoms. The lowest BCUT2D eigenvalue weighted by atomic mass is 10.1. The van der Waals surface area contributed by atoms with Crippen LogP contribution in [0.3, 0.4) is 0 Å². The summed E-state index contributed by atoms with van der Waals surface area (Å²) in [6.45, 7) is 1.02. The fraction of sp³-hybridized carbons (Fsp3) is 0.353. The van der Waals surface area contributed by atoms with Crippen molar-refractivity contribution in [2.45, 2.75) is 19.4 Å². The average Bonchev–Trinajstić information content (AvgIpc) is 3.06. The second-order valence-corrected chi connectivity index (χ2v) is 8.93. The minimum absolute atomic E-state index is 0.111. The largest absolute Gasteiger partial charge is 0.337 e. The Balaban J connectivity index is 1.80. The van der Waals surface area contributed by atoms with Crippen molar-refractivity contribution in [1.82, 2.24) is 4.90 Å². The van der Waals surface area contributed by atoms with Crippen molar-refractivity contribution in [3.8, 4) is 0 Å². The third-order valence-electron chi connectivity index (χ3n) is 4.05. The van der Waals surface area contributed by atoms with Crippen LogP contribution in [0.25, 0.3) is 0 Å². The van der Waals surface area contributed by atoms with E-state index in [1.165, 1.54) is 4.31 Å². The van der Waals surface area contributed by atoms with Gasteiger partial charge in [-0.3, -0.25) is 9.10 Å². The van der Waals surface area contributed by atoms with E-state index in [1.54, 1.807) is 47.5 Å². The van der Waals surface area contributed by atoms with Gasteiger partial charge in [0.15, 0.2) is 0 Å². The molecule has 0 aliphatic carbocycles. The maximum Gasteiger partial charge on any atom is 0.253 e. The number of carbonyl (C=O) groups excluding carboxylic acids is 1. The van der Waals surface area contributed by atoms with Crippen LogP contribution < -0.4 is 4.31 Å². The number of anilines is 1. The maximum atomic E-state index is 12.6. The van der Waals surface area contributed by atoms with Gasteiger partial charge in [-0.15, -0.1) is 11.3 Å². The third-order valence-corrected chi connectivity index (χ3v) is 6.78. The quantitative estimate of drug-likeness (QED) is 0.838. The number of rotatable bonds is 4. The molecule has 5 nitrogen and oxygen atoms in total. The Hall–Kier alpha value is -1.86. The first-order valence-electron chi connectivity index (χ1n) is 7.86. The van der Waals surface area contributed by atoms with Crippen LogP contribution in [0.2, 0.25) is 0 Å². The SMILES string of the molecule is CN(Cc1cccs1)C(=O)c1cccc(N2CCCCS2(=O)=O)c1. The van der Waals surface area contributed by atoms with Crippen molar-refractivity contribution in [3.05, 3.63) is 52.2 Å². The van der Waals surface area contributed by atoms with E-state index in [2.05, 4.69) is 0 Å². The van der Waals surface area contributed by atoms with Gasteiger partial charge in [-0.1, -0.05) is 12.1 Å². The fourth-order valence-corrected chi connectivity index (χ4v) is 5.19. The summed E-state index contributed by atoms with van der Waals surface area (Å²) in [5.41, 5.74) is 1.08. The molecule has 1 aromatic carbocycles. The van der Waals surface area contributed by atoms with Gasteiger partial charge in [-0.25, -0.2) is 8.42 Å². The Kier molecular flexibility index (Phi) is 4.91. The molecule has 0 radical (unpaired) electrons. The van der Waals surface area contributed by atoms with Crippen molar-refractivity contribution in [1.29, 1.82) is 0 Å². The molecule has 0 unspecified atom stereocenters. The summed E-state index contributed by atoms with van der Waals surface area (Å²) in [7, 11) is -1.51. The number of amides is 1. The molecule has 0 N–H and O–H groups in total. The molecule has 1 aliphatic rings. The molecule has 2 heterocycles. The molecule has 1 fully saturated rings. The van der Waals surface area contributed by atoms with Crippen LogP contribution in [0, 0.1) is 0 Å². The minimum Gasteiger partial charge on any atom is -0.337 e. The van der Waals surface area contributed by atoms with E-state index in [0.717, 1.165) is 11.3 Å². The number of benzene rings is 1. The normalized spacial score (nSPS) is 16.8. The van der Waals surface area contributed by atoms with Crippen LogP contribution in [0.15, 0.2) is 41.8 Å². The highest BCUT2D eigenvalue weighted by Crippen LogP contribution is 2.25. The Labute approximate surface area is 146 Å². The van der Waals surface area contributed by atoms with Crippen LogP contribution >= 0.6 is 11.3 Å². The summed E-state index contributed by atoms with van der Waals surface area (Å²) in [5.74, 6) is 0.0587. The van der Waals surface area contributed by atoms with Crippen molar-refractivity contribution >= 4 is 33.0 Å². The summed E-state index contributed by atoms with van der Waals surface area (Å²) in [4.78, 5) is 15.4. The van der Waals surface area contributed by atoms with Gasteiger partial charge in [0, 0.05) is 24.0 Å². The molecule has 0 saturated carbocycles. The molecule has 7 heteroatoms. The molecule has 2 aromatic rings. The van der Waals surface area contributed by atoms with Crippen molar-refractivity contribution in [3.63, 3.8) is 0 Å². The summed E-state index contributed by atoms with van der Waals surface area (Å²) in [6, 6.07) is 10.8. The van der Waals surface area contributed by atoms with Crippen LogP contribution in [0.5, 0.6) is 0 Å². The first-order valence-corrected chi connectivity index (χ1v) is 10.3. The smallest absolute Gasteiger partial charge is 0.253 e. The van der Waals surface area contributed by atoms with Crippen molar-refractivity contribution in [2.24, 2.45) is 0 Å². The molecule has 128 valence electrons. The molecule has 3 rings (SSSR count). The zero-order valence-corrected chi connectivity index (χ0v) is 15.1. The van der Waals surface area contributed by atoms with Gasteiger partial charge in [-0.05, 0) is 42.5 Å². The number of hydrogen-bond donors (Lipinski definition) is 0. The Morgan fingerprint density at radius 1 is 1.25 bits per heavy atom. The first kappa shape index (κ1) is 17.0. The highest BCUT2D eigenvalue weighted by atomic mass is 32.2. The molecule has 1 saturated heterocycles. The average molecular weight is 364 g/mol. The number of sulfonamides is 1. The van der Waals surface area contributed by atoms with E-state index < -0.39 is 10.0 Å². The summed E-state index contributed by atoms with van der Waals surface area (Å²) in [6.07, 6.45) is 1.54. The molecular weight excluding hydrogens is 344 g/mol. The van der Waals surface area contributed by atoms with Crippen LogP contribution in [0.4, 0.5) is 5.69 Å². The first-order chi connectivity index (χ1) is 11.5. The summed E-state index contributed by atoms with van der Waals surface area (Å²) < 4.78 is 25.9. The van der Waals surface area contributed by atoms with Gasteiger partial charge < -0.3 is 4.90 Å². The molecule has 0 atom stereocenters. The number of thiophene rings is 1. The Morgan fingerprint density at radius 2 is 2.08 bits per heavy atom. The molecule has 1 amide bonds. The van der Waals surface area contributed by atoms with Crippen molar-refractivity contribution < 1.29 is 13.2 Å². The zero-order chi connectivity index (χ0) is 17.2. The van der Waals surface area contributed by atoms with Crippen molar-refractivity contribution in [2.75, 3.05) is 23.7 Å². The number of carbonyl (C=O) groups is 1. The molecule has 0 bridgehead atoms. The number of nitrogens with zero attached hydrogens (tertiary/aromatic N) is 2. The Bertz CT molecular complexity index is 816. The van der Waals surface area contributed by atoms with Crippen LogP contribution in [0.1, 0.15) is 28.1 Å². The highest BCUT2D eigenvalue weighted by molar-refractivity contribution is 7.92. The van der Waals surface area contributed by atoms with E-state index in [1.807, 2.05) is 17.5 Å². The molecule has 1 aromatic heterocycles.